The molecule has 2 aromatic rings. The van der Waals surface area contributed by atoms with Crippen LogP contribution in [0.3, 0.4) is 0 Å². The second-order valence-electron chi connectivity index (χ2n) is 9.79. The Morgan fingerprint density at radius 1 is 1.03 bits per heavy atom. The summed E-state index contributed by atoms with van der Waals surface area (Å²) in [5.41, 5.74) is 2.48. The SMILES string of the molecule is C[C@H]1SC2(CCC(C(C)(C)C)CC2)N(c2ccc(OCc3ccccc3)cc2)C1=O. The van der Waals surface area contributed by atoms with E-state index in [1.165, 1.54) is 12.8 Å². The van der Waals surface area contributed by atoms with Crippen molar-refractivity contribution in [2.45, 2.75) is 70.1 Å². The summed E-state index contributed by atoms with van der Waals surface area (Å²) in [6.07, 6.45) is 4.51. The Labute approximate surface area is 185 Å². The lowest BCUT2D eigenvalue weighted by molar-refractivity contribution is -0.118. The zero-order chi connectivity index (χ0) is 21.4. The first-order valence-corrected chi connectivity index (χ1v) is 12.0. The van der Waals surface area contributed by atoms with E-state index in [1.54, 1.807) is 0 Å². The van der Waals surface area contributed by atoms with Gasteiger partial charge in [-0.15, -0.1) is 11.8 Å². The van der Waals surface area contributed by atoms with Crippen molar-refractivity contribution in [3.8, 4) is 5.75 Å². The third kappa shape index (κ3) is 4.25. The fraction of sp³-hybridized carbons (Fsp3) is 0.500. The van der Waals surface area contributed by atoms with Gasteiger partial charge in [0.2, 0.25) is 5.91 Å². The molecule has 1 amide bonds. The maximum Gasteiger partial charge on any atom is 0.241 e. The average Bonchev–Trinajstić information content (AvgIpc) is 2.96. The molecule has 0 unspecified atom stereocenters. The standard InChI is InChI=1S/C26H33NO2S/c1-19-24(28)27(26(30-19)16-14-21(15-17-26)25(2,3)4)22-10-12-23(13-11-22)29-18-20-8-6-5-7-9-20/h5-13,19,21H,14-18H2,1-4H3/t19-,21?,26?/m1/s1. The second-order valence-corrected chi connectivity index (χ2v) is 11.5. The van der Waals surface area contributed by atoms with Crippen LogP contribution in [-0.2, 0) is 11.4 Å². The number of hydrogen-bond donors (Lipinski definition) is 0. The van der Waals surface area contributed by atoms with Gasteiger partial charge in [0.05, 0.1) is 10.1 Å². The predicted octanol–water partition coefficient (Wildman–Crippen LogP) is 6.67. The number of benzene rings is 2. The molecule has 3 nitrogen and oxygen atoms in total. The molecular formula is C26H33NO2S. The Kier molecular flexibility index (Phi) is 5.89. The van der Waals surface area contributed by atoms with E-state index in [-0.39, 0.29) is 16.0 Å². The lowest BCUT2D eigenvalue weighted by Gasteiger charge is -2.45. The van der Waals surface area contributed by atoms with Gasteiger partial charge in [0.15, 0.2) is 0 Å². The monoisotopic (exact) mass is 423 g/mol. The van der Waals surface area contributed by atoms with Gasteiger partial charge in [0.25, 0.3) is 0 Å². The van der Waals surface area contributed by atoms with Gasteiger partial charge in [0.1, 0.15) is 12.4 Å². The smallest absolute Gasteiger partial charge is 0.241 e. The minimum Gasteiger partial charge on any atom is -0.489 e. The van der Waals surface area contributed by atoms with Gasteiger partial charge in [-0.3, -0.25) is 9.69 Å². The van der Waals surface area contributed by atoms with Crippen LogP contribution in [0.2, 0.25) is 0 Å². The molecule has 160 valence electrons. The normalized spacial score (nSPS) is 26.9. The summed E-state index contributed by atoms with van der Waals surface area (Å²) in [5, 5.41) is 0.0187. The molecule has 2 aliphatic rings. The minimum atomic E-state index is -0.0926. The van der Waals surface area contributed by atoms with Crippen LogP contribution in [0.25, 0.3) is 0 Å². The lowest BCUT2D eigenvalue weighted by atomic mass is 9.71. The van der Waals surface area contributed by atoms with E-state index in [9.17, 15) is 4.79 Å². The molecule has 0 radical (unpaired) electrons. The summed E-state index contributed by atoms with van der Waals surface area (Å²) in [6.45, 7) is 9.64. The van der Waals surface area contributed by atoms with E-state index in [0.29, 0.717) is 12.0 Å². The highest BCUT2D eigenvalue weighted by Gasteiger charge is 2.52. The van der Waals surface area contributed by atoms with Crippen LogP contribution in [0.5, 0.6) is 5.75 Å². The number of anilines is 1. The van der Waals surface area contributed by atoms with Crippen molar-refractivity contribution in [2.24, 2.45) is 11.3 Å². The van der Waals surface area contributed by atoms with E-state index in [4.69, 9.17) is 4.74 Å². The molecule has 0 bridgehead atoms. The summed E-state index contributed by atoms with van der Waals surface area (Å²) < 4.78 is 5.94. The molecule has 0 aromatic heterocycles. The third-order valence-corrected chi connectivity index (χ3v) is 8.29. The van der Waals surface area contributed by atoms with Crippen molar-refractivity contribution in [1.29, 1.82) is 0 Å². The van der Waals surface area contributed by atoms with Gasteiger partial charge in [0, 0.05) is 5.69 Å². The first-order chi connectivity index (χ1) is 14.3. The van der Waals surface area contributed by atoms with Gasteiger partial charge in [-0.2, -0.15) is 0 Å². The van der Waals surface area contributed by atoms with Crippen molar-refractivity contribution in [2.75, 3.05) is 4.90 Å². The molecule has 0 N–H and O–H groups in total. The molecule has 1 aliphatic heterocycles. The average molecular weight is 424 g/mol. The van der Waals surface area contributed by atoms with Crippen LogP contribution in [0.1, 0.15) is 58.9 Å². The van der Waals surface area contributed by atoms with Crippen LogP contribution in [0, 0.1) is 11.3 Å². The fourth-order valence-corrected chi connectivity index (χ4v) is 6.52. The van der Waals surface area contributed by atoms with Crippen LogP contribution in [-0.4, -0.2) is 16.0 Å². The van der Waals surface area contributed by atoms with Crippen molar-refractivity contribution >= 4 is 23.4 Å². The van der Waals surface area contributed by atoms with Gasteiger partial charge >= 0.3 is 0 Å². The van der Waals surface area contributed by atoms with Crippen molar-refractivity contribution in [3.63, 3.8) is 0 Å². The number of hydrogen-bond acceptors (Lipinski definition) is 3. The summed E-state index contributed by atoms with van der Waals surface area (Å²) in [7, 11) is 0. The lowest BCUT2D eigenvalue weighted by Crippen LogP contribution is -2.48. The Balaban J connectivity index is 1.49. The summed E-state index contributed by atoms with van der Waals surface area (Å²) in [5.74, 6) is 1.80. The van der Waals surface area contributed by atoms with Gasteiger partial charge in [-0.05, 0) is 73.8 Å². The molecule has 1 aliphatic carbocycles. The van der Waals surface area contributed by atoms with Gasteiger partial charge in [-0.1, -0.05) is 51.1 Å². The van der Waals surface area contributed by atoms with E-state index < -0.39 is 0 Å². The number of amides is 1. The highest BCUT2D eigenvalue weighted by Crippen LogP contribution is 2.54. The van der Waals surface area contributed by atoms with Gasteiger partial charge in [-0.25, -0.2) is 0 Å². The number of carbonyl (C=O) groups is 1. The molecule has 1 saturated carbocycles. The van der Waals surface area contributed by atoms with Gasteiger partial charge < -0.3 is 4.74 Å². The van der Waals surface area contributed by atoms with Crippen LogP contribution >= 0.6 is 11.8 Å². The Hall–Kier alpha value is -1.94. The van der Waals surface area contributed by atoms with E-state index in [1.807, 2.05) is 42.1 Å². The number of thioether (sulfide) groups is 1. The molecule has 1 heterocycles. The summed E-state index contributed by atoms with van der Waals surface area (Å²) >= 11 is 1.87. The fourth-order valence-electron chi connectivity index (χ4n) is 4.89. The van der Waals surface area contributed by atoms with E-state index in [0.717, 1.165) is 35.8 Å². The quantitative estimate of drug-likeness (QED) is 0.550. The maximum atomic E-state index is 13.1. The van der Waals surface area contributed by atoms with Crippen molar-refractivity contribution in [3.05, 3.63) is 60.2 Å². The molecule has 2 fully saturated rings. The first-order valence-electron chi connectivity index (χ1n) is 11.1. The second kappa shape index (κ2) is 8.30. The zero-order valence-electron chi connectivity index (χ0n) is 18.6. The molecular weight excluding hydrogens is 390 g/mol. The highest BCUT2D eigenvalue weighted by molar-refractivity contribution is 8.02. The minimum absolute atomic E-state index is 0.0187. The number of ether oxygens (including phenoxy) is 1. The molecule has 1 spiro atoms. The Bertz CT molecular complexity index is 864. The van der Waals surface area contributed by atoms with E-state index in [2.05, 4.69) is 56.9 Å². The zero-order valence-corrected chi connectivity index (χ0v) is 19.4. The number of rotatable bonds is 4. The van der Waals surface area contributed by atoms with Crippen molar-refractivity contribution < 1.29 is 9.53 Å². The topological polar surface area (TPSA) is 29.5 Å². The predicted molar refractivity (Wildman–Crippen MR) is 126 cm³/mol. The van der Waals surface area contributed by atoms with Crippen LogP contribution in [0.15, 0.2) is 54.6 Å². The molecule has 4 rings (SSSR count). The van der Waals surface area contributed by atoms with Crippen LogP contribution in [0.4, 0.5) is 5.69 Å². The molecule has 2 aromatic carbocycles. The molecule has 4 heteroatoms. The largest absolute Gasteiger partial charge is 0.489 e. The Morgan fingerprint density at radius 3 is 2.27 bits per heavy atom. The highest BCUT2D eigenvalue weighted by atomic mass is 32.2. The molecule has 1 saturated heterocycles. The Morgan fingerprint density at radius 2 is 1.67 bits per heavy atom. The third-order valence-electron chi connectivity index (χ3n) is 6.71. The first kappa shape index (κ1) is 21.3. The summed E-state index contributed by atoms with van der Waals surface area (Å²) in [4.78, 5) is 15.1. The molecule has 1 atom stereocenters. The van der Waals surface area contributed by atoms with E-state index >= 15 is 0 Å². The van der Waals surface area contributed by atoms with Crippen LogP contribution < -0.4 is 9.64 Å². The van der Waals surface area contributed by atoms with Crippen molar-refractivity contribution in [1.82, 2.24) is 0 Å². The maximum absolute atomic E-state index is 13.1. The molecule has 30 heavy (non-hydrogen) atoms. The number of carbonyl (C=O) groups excluding carboxylic acids is 1. The number of nitrogens with zero attached hydrogens (tertiary/aromatic N) is 1. The summed E-state index contributed by atoms with van der Waals surface area (Å²) in [6, 6.07) is 18.3.